The maximum absolute atomic E-state index is 12.8. The molecule has 0 aliphatic rings. The molecule has 0 radical (unpaired) electrons. The zero-order chi connectivity index (χ0) is 26.7. The number of nitriles is 1. The number of nitrogens with one attached hydrogen (secondary N) is 2. The molecule has 8 heteroatoms. The molecular formula is C29H28N4O4. The van der Waals surface area contributed by atoms with E-state index in [0.29, 0.717) is 28.5 Å². The molecule has 188 valence electrons. The molecule has 2 N–H and O–H groups in total. The summed E-state index contributed by atoms with van der Waals surface area (Å²) in [4.78, 5) is 39.3. The second kappa shape index (κ2) is 10.2. The molecule has 0 saturated heterocycles. The van der Waals surface area contributed by atoms with Gasteiger partial charge in [-0.3, -0.25) is 14.2 Å². The molecule has 0 bridgehead atoms. The van der Waals surface area contributed by atoms with Crippen molar-refractivity contribution in [3.05, 3.63) is 94.0 Å². The molecule has 2 heterocycles. The molecule has 4 aromatic rings. The summed E-state index contributed by atoms with van der Waals surface area (Å²) in [6.45, 7) is 7.27. The summed E-state index contributed by atoms with van der Waals surface area (Å²) >= 11 is 0. The third kappa shape index (κ3) is 5.96. The second-order valence-corrected chi connectivity index (χ2v) is 9.95. The van der Waals surface area contributed by atoms with Crippen molar-refractivity contribution in [3.8, 4) is 17.2 Å². The Morgan fingerprint density at radius 3 is 2.41 bits per heavy atom. The highest BCUT2D eigenvalue weighted by Gasteiger charge is 2.21. The predicted octanol–water partition coefficient (Wildman–Crippen LogP) is 5.01. The first-order chi connectivity index (χ1) is 17.5. The average molecular weight is 497 g/mol. The summed E-state index contributed by atoms with van der Waals surface area (Å²) in [5.41, 5.74) is 3.33. The number of carbonyl (C=O) groups excluding carboxylic acids is 2. The van der Waals surface area contributed by atoms with Gasteiger partial charge in [-0.15, -0.1) is 0 Å². The quantitative estimate of drug-likeness (QED) is 0.403. The molecular weight excluding hydrogens is 468 g/mol. The van der Waals surface area contributed by atoms with Crippen LogP contribution in [0.3, 0.4) is 0 Å². The lowest BCUT2D eigenvalue weighted by atomic mass is 10.0. The van der Waals surface area contributed by atoms with E-state index in [9.17, 15) is 19.6 Å². The van der Waals surface area contributed by atoms with Crippen molar-refractivity contribution < 1.29 is 14.3 Å². The lowest BCUT2D eigenvalue weighted by molar-refractivity contribution is 0.0544. The van der Waals surface area contributed by atoms with Gasteiger partial charge in [0.05, 0.1) is 11.1 Å². The molecule has 1 amide bonds. The highest BCUT2D eigenvalue weighted by Crippen LogP contribution is 2.25. The van der Waals surface area contributed by atoms with Crippen LogP contribution in [0.15, 0.2) is 71.8 Å². The van der Waals surface area contributed by atoms with E-state index in [1.165, 1.54) is 16.8 Å². The lowest BCUT2D eigenvalue weighted by Gasteiger charge is -2.19. The second-order valence-electron chi connectivity index (χ2n) is 9.95. The Morgan fingerprint density at radius 2 is 1.78 bits per heavy atom. The van der Waals surface area contributed by atoms with Gasteiger partial charge < -0.3 is 15.0 Å². The number of aromatic nitrogens is 2. The Morgan fingerprint density at radius 1 is 1.08 bits per heavy atom. The SMILES string of the molecule is CC(Cc1ccc2c(c1)c(C#N)cn2C(=O)OC(C)(C)C)NC(=O)c1ccc(-c2ccc(=O)[nH]c2)cc1. The Kier molecular flexibility index (Phi) is 6.98. The number of amides is 1. The molecule has 0 fully saturated rings. The Hall–Kier alpha value is -4.64. The van der Waals surface area contributed by atoms with Crippen LogP contribution >= 0.6 is 0 Å². The minimum Gasteiger partial charge on any atom is -0.443 e. The van der Waals surface area contributed by atoms with Gasteiger partial charge in [0, 0.05) is 35.5 Å². The topological polar surface area (TPSA) is 117 Å². The number of pyridine rings is 1. The molecule has 0 aliphatic carbocycles. The van der Waals surface area contributed by atoms with E-state index in [1.807, 2.05) is 31.2 Å². The number of hydrogen-bond acceptors (Lipinski definition) is 5. The summed E-state index contributed by atoms with van der Waals surface area (Å²) in [5.74, 6) is -0.199. The van der Waals surface area contributed by atoms with Gasteiger partial charge in [0.2, 0.25) is 5.56 Å². The van der Waals surface area contributed by atoms with Crippen molar-refractivity contribution in [2.45, 2.75) is 45.8 Å². The van der Waals surface area contributed by atoms with E-state index < -0.39 is 11.7 Å². The van der Waals surface area contributed by atoms with Crippen molar-refractivity contribution in [2.24, 2.45) is 0 Å². The van der Waals surface area contributed by atoms with Crippen LogP contribution < -0.4 is 10.9 Å². The van der Waals surface area contributed by atoms with Crippen LogP contribution in [0.5, 0.6) is 0 Å². The van der Waals surface area contributed by atoms with Crippen molar-refractivity contribution in [1.29, 1.82) is 5.26 Å². The van der Waals surface area contributed by atoms with E-state index in [-0.39, 0.29) is 17.5 Å². The van der Waals surface area contributed by atoms with Crippen LogP contribution in [-0.4, -0.2) is 33.2 Å². The van der Waals surface area contributed by atoms with Gasteiger partial charge in [0.25, 0.3) is 5.91 Å². The van der Waals surface area contributed by atoms with Crippen LogP contribution in [0.4, 0.5) is 4.79 Å². The van der Waals surface area contributed by atoms with Crippen LogP contribution in [-0.2, 0) is 11.2 Å². The maximum Gasteiger partial charge on any atom is 0.419 e. The molecule has 2 aromatic carbocycles. The molecule has 37 heavy (non-hydrogen) atoms. The van der Waals surface area contributed by atoms with Gasteiger partial charge in [-0.1, -0.05) is 18.2 Å². The number of carbonyl (C=O) groups is 2. The van der Waals surface area contributed by atoms with Crippen molar-refractivity contribution >= 4 is 22.9 Å². The number of aromatic amines is 1. The molecule has 8 nitrogen and oxygen atoms in total. The zero-order valence-corrected chi connectivity index (χ0v) is 21.2. The van der Waals surface area contributed by atoms with Crippen molar-refractivity contribution in [1.82, 2.24) is 14.9 Å². The predicted molar refractivity (Wildman–Crippen MR) is 141 cm³/mol. The Labute approximate surface area is 214 Å². The molecule has 0 aliphatic heterocycles. The largest absolute Gasteiger partial charge is 0.443 e. The summed E-state index contributed by atoms with van der Waals surface area (Å²) in [7, 11) is 0. The minimum atomic E-state index is -0.657. The fraction of sp³-hybridized carbons (Fsp3) is 0.241. The highest BCUT2D eigenvalue weighted by molar-refractivity contribution is 5.95. The van der Waals surface area contributed by atoms with Gasteiger partial charge in [0.1, 0.15) is 11.7 Å². The first kappa shape index (κ1) is 25.5. The number of fused-ring (bicyclic) bond motifs is 1. The lowest BCUT2D eigenvalue weighted by Crippen LogP contribution is -2.34. The molecule has 0 spiro atoms. The third-order valence-corrected chi connectivity index (χ3v) is 5.76. The summed E-state index contributed by atoms with van der Waals surface area (Å²) in [5, 5.41) is 13.3. The van der Waals surface area contributed by atoms with Gasteiger partial charge >= 0.3 is 6.09 Å². The van der Waals surface area contributed by atoms with E-state index in [4.69, 9.17) is 4.74 Å². The van der Waals surface area contributed by atoms with Gasteiger partial charge in [0.15, 0.2) is 0 Å². The first-order valence-electron chi connectivity index (χ1n) is 11.9. The first-order valence-corrected chi connectivity index (χ1v) is 11.9. The maximum atomic E-state index is 12.8. The number of rotatable bonds is 5. The summed E-state index contributed by atoms with van der Waals surface area (Å²) in [6, 6.07) is 17.9. The minimum absolute atomic E-state index is 0.169. The fourth-order valence-corrected chi connectivity index (χ4v) is 4.07. The van der Waals surface area contributed by atoms with Crippen LogP contribution in [0.1, 0.15) is 49.2 Å². The molecule has 4 rings (SSSR count). The molecule has 1 unspecified atom stereocenters. The fourth-order valence-electron chi connectivity index (χ4n) is 4.07. The summed E-state index contributed by atoms with van der Waals surface area (Å²) < 4.78 is 6.81. The Bertz CT molecular complexity index is 1550. The van der Waals surface area contributed by atoms with Gasteiger partial charge in [-0.2, -0.15) is 5.26 Å². The monoisotopic (exact) mass is 496 g/mol. The smallest absolute Gasteiger partial charge is 0.419 e. The van der Waals surface area contributed by atoms with Crippen LogP contribution in [0.25, 0.3) is 22.0 Å². The third-order valence-electron chi connectivity index (χ3n) is 5.76. The zero-order valence-electron chi connectivity index (χ0n) is 21.2. The summed E-state index contributed by atoms with van der Waals surface area (Å²) in [6.07, 6.45) is 3.12. The number of nitrogens with zero attached hydrogens (tertiary/aromatic N) is 2. The van der Waals surface area contributed by atoms with Crippen LogP contribution in [0.2, 0.25) is 0 Å². The van der Waals surface area contributed by atoms with E-state index in [2.05, 4.69) is 16.4 Å². The Balaban J connectivity index is 1.46. The number of ether oxygens (including phenoxy) is 1. The number of benzene rings is 2. The number of H-pyrrole nitrogens is 1. The van der Waals surface area contributed by atoms with Gasteiger partial charge in [-0.05, 0) is 81.1 Å². The van der Waals surface area contributed by atoms with Crippen molar-refractivity contribution in [2.75, 3.05) is 0 Å². The number of hydrogen-bond donors (Lipinski definition) is 2. The van der Waals surface area contributed by atoms with E-state index >= 15 is 0 Å². The van der Waals surface area contributed by atoms with E-state index in [1.54, 1.807) is 51.2 Å². The van der Waals surface area contributed by atoms with Crippen LogP contribution in [0, 0.1) is 11.3 Å². The van der Waals surface area contributed by atoms with E-state index in [0.717, 1.165) is 16.7 Å². The molecule has 2 aromatic heterocycles. The van der Waals surface area contributed by atoms with Gasteiger partial charge in [-0.25, -0.2) is 4.79 Å². The molecule has 1 atom stereocenters. The normalized spacial score (nSPS) is 12.1. The van der Waals surface area contributed by atoms with Crippen molar-refractivity contribution in [3.63, 3.8) is 0 Å². The average Bonchev–Trinajstić information content (AvgIpc) is 3.22. The molecule has 0 saturated carbocycles. The highest BCUT2D eigenvalue weighted by atomic mass is 16.6. The standard InChI is InChI=1S/C29H28N4O4/c1-18(32-27(35)21-8-6-20(7-9-21)22-10-12-26(34)31-16-22)13-19-5-11-25-24(14-19)23(15-30)17-33(25)28(36)37-29(2,3)4/h5-12,14,16-18H,13H2,1-4H3,(H,31,34)(H,32,35).